The quantitative estimate of drug-likeness (QED) is 0.174. The molecule has 3 aromatic rings. The summed E-state index contributed by atoms with van der Waals surface area (Å²) in [6, 6.07) is 29.3. The minimum Gasteiger partial charge on any atom is -0.445 e. The summed E-state index contributed by atoms with van der Waals surface area (Å²) >= 11 is 17.6. The molecule has 37 heavy (non-hydrogen) atoms. The molecule has 1 aliphatic rings. The predicted molar refractivity (Wildman–Crippen MR) is 144 cm³/mol. The lowest BCUT2D eigenvalue weighted by Crippen LogP contribution is -2.57. The van der Waals surface area contributed by atoms with Crippen LogP contribution in [0.4, 0.5) is 0 Å². The van der Waals surface area contributed by atoms with Crippen LogP contribution in [0.25, 0.3) is 0 Å². The van der Waals surface area contributed by atoms with Crippen LogP contribution in [0.1, 0.15) is 16.7 Å². The topological polar surface area (TPSA) is 70.0 Å². The minimum atomic E-state index is -2.05. The van der Waals surface area contributed by atoms with E-state index in [4.69, 9.17) is 63.9 Å². The number of rotatable bonds is 10. The number of hydrogen-bond acceptors (Lipinski definition) is 6. The third-order valence-electron chi connectivity index (χ3n) is 5.75. The number of hydrogen-bond donors (Lipinski definition) is 1. The SMILES string of the molecule is N=C(O[C@H]1OC[C@@H](OCc2ccccc2)[C@H](OCc2ccccc2)[C@H]1OCc1ccccc1)C(Cl)(Cl)Cl. The molecule has 0 aliphatic carbocycles. The molecule has 1 heterocycles. The van der Waals surface area contributed by atoms with Crippen molar-refractivity contribution in [2.75, 3.05) is 6.61 Å². The van der Waals surface area contributed by atoms with Gasteiger partial charge < -0.3 is 23.7 Å². The number of nitrogens with one attached hydrogen (secondary N) is 1. The molecule has 9 heteroatoms. The molecule has 196 valence electrons. The molecule has 1 aliphatic heterocycles. The Balaban J connectivity index is 1.56. The van der Waals surface area contributed by atoms with Crippen molar-refractivity contribution in [3.8, 4) is 0 Å². The van der Waals surface area contributed by atoms with Crippen LogP contribution < -0.4 is 0 Å². The van der Waals surface area contributed by atoms with Crippen LogP contribution in [-0.2, 0) is 43.5 Å². The van der Waals surface area contributed by atoms with E-state index in [1.807, 2.05) is 91.0 Å². The third kappa shape index (κ3) is 8.42. The second-order valence-electron chi connectivity index (χ2n) is 8.50. The van der Waals surface area contributed by atoms with Crippen molar-refractivity contribution in [2.24, 2.45) is 0 Å². The first-order valence-electron chi connectivity index (χ1n) is 11.8. The molecule has 1 N–H and O–H groups in total. The summed E-state index contributed by atoms with van der Waals surface area (Å²) in [5.41, 5.74) is 2.96. The first kappa shape index (κ1) is 27.9. The fraction of sp³-hybridized carbons (Fsp3) is 0.321. The normalized spacial score (nSPS) is 21.9. The van der Waals surface area contributed by atoms with Crippen LogP contribution in [-0.4, -0.2) is 40.9 Å². The zero-order valence-electron chi connectivity index (χ0n) is 20.0. The first-order valence-corrected chi connectivity index (χ1v) is 12.9. The fourth-order valence-corrected chi connectivity index (χ4v) is 3.99. The maximum atomic E-state index is 8.08. The summed E-state index contributed by atoms with van der Waals surface area (Å²) in [4.78, 5) is 0. The highest BCUT2D eigenvalue weighted by molar-refractivity contribution is 6.76. The summed E-state index contributed by atoms with van der Waals surface area (Å²) < 4.78 is 28.5. The molecule has 0 spiro atoms. The molecule has 0 amide bonds. The lowest BCUT2D eigenvalue weighted by molar-refractivity contribution is -0.282. The number of ether oxygens (including phenoxy) is 5. The molecule has 1 fully saturated rings. The largest absolute Gasteiger partial charge is 0.445 e. The third-order valence-corrected chi connectivity index (χ3v) is 6.27. The van der Waals surface area contributed by atoms with Gasteiger partial charge in [-0.25, -0.2) is 0 Å². The van der Waals surface area contributed by atoms with Gasteiger partial charge in [-0.3, -0.25) is 5.41 Å². The Bertz CT molecular complexity index is 1100. The highest BCUT2D eigenvalue weighted by atomic mass is 35.6. The molecule has 0 aromatic heterocycles. The molecular weight excluding hydrogens is 537 g/mol. The van der Waals surface area contributed by atoms with E-state index in [0.717, 1.165) is 16.7 Å². The van der Waals surface area contributed by atoms with E-state index in [0.29, 0.717) is 13.2 Å². The van der Waals surface area contributed by atoms with E-state index in [1.165, 1.54) is 0 Å². The van der Waals surface area contributed by atoms with Crippen molar-refractivity contribution in [3.63, 3.8) is 0 Å². The van der Waals surface area contributed by atoms with Crippen LogP contribution in [0.2, 0.25) is 0 Å². The van der Waals surface area contributed by atoms with Gasteiger partial charge in [-0.1, -0.05) is 126 Å². The number of alkyl halides is 3. The molecule has 0 bridgehead atoms. The minimum absolute atomic E-state index is 0.134. The van der Waals surface area contributed by atoms with Crippen LogP contribution in [0, 0.1) is 5.41 Å². The zero-order valence-corrected chi connectivity index (χ0v) is 22.2. The van der Waals surface area contributed by atoms with Gasteiger partial charge in [0.1, 0.15) is 18.3 Å². The van der Waals surface area contributed by atoms with Crippen molar-refractivity contribution < 1.29 is 23.7 Å². The molecule has 1 saturated heterocycles. The summed E-state index contributed by atoms with van der Waals surface area (Å²) in [6.45, 7) is 1.07. The molecule has 3 aromatic carbocycles. The molecule has 4 rings (SSSR count). The Kier molecular flexibility index (Phi) is 10.2. The number of benzene rings is 3. The molecule has 0 saturated carbocycles. The maximum absolute atomic E-state index is 8.08. The lowest BCUT2D eigenvalue weighted by Gasteiger charge is -2.42. The van der Waals surface area contributed by atoms with E-state index in [9.17, 15) is 0 Å². The van der Waals surface area contributed by atoms with E-state index in [-0.39, 0.29) is 13.2 Å². The average molecular weight is 565 g/mol. The van der Waals surface area contributed by atoms with Gasteiger partial charge in [0.2, 0.25) is 12.2 Å². The number of halogens is 3. The van der Waals surface area contributed by atoms with Crippen molar-refractivity contribution >= 4 is 40.7 Å². The van der Waals surface area contributed by atoms with Gasteiger partial charge in [-0.05, 0) is 16.7 Å². The Labute approximate surface area is 231 Å². The van der Waals surface area contributed by atoms with Gasteiger partial charge in [0.25, 0.3) is 3.79 Å². The van der Waals surface area contributed by atoms with Crippen LogP contribution in [0.3, 0.4) is 0 Å². The van der Waals surface area contributed by atoms with E-state index in [2.05, 4.69) is 0 Å². The Morgan fingerprint density at radius 1 is 0.703 bits per heavy atom. The van der Waals surface area contributed by atoms with Gasteiger partial charge >= 0.3 is 0 Å². The molecule has 0 unspecified atom stereocenters. The fourth-order valence-electron chi connectivity index (χ4n) is 3.86. The van der Waals surface area contributed by atoms with Crippen LogP contribution >= 0.6 is 34.8 Å². The second-order valence-corrected chi connectivity index (χ2v) is 10.8. The van der Waals surface area contributed by atoms with Gasteiger partial charge in [0.15, 0.2) is 0 Å². The molecule has 4 atom stereocenters. The van der Waals surface area contributed by atoms with Crippen molar-refractivity contribution in [2.45, 2.75) is 48.2 Å². The molecular formula is C28H28Cl3NO5. The summed E-state index contributed by atoms with van der Waals surface area (Å²) in [5.74, 6) is -0.568. The maximum Gasteiger partial charge on any atom is 0.265 e. The second kappa shape index (κ2) is 13.6. The zero-order chi connectivity index (χ0) is 26.1. The van der Waals surface area contributed by atoms with E-state index >= 15 is 0 Å². The highest BCUT2D eigenvalue weighted by Gasteiger charge is 2.46. The van der Waals surface area contributed by atoms with Gasteiger partial charge in [0, 0.05) is 0 Å². The monoisotopic (exact) mass is 563 g/mol. The Hall–Kier alpha value is -2.16. The van der Waals surface area contributed by atoms with E-state index < -0.39 is 34.3 Å². The highest BCUT2D eigenvalue weighted by Crippen LogP contribution is 2.32. The summed E-state index contributed by atoms with van der Waals surface area (Å²) in [5, 5.41) is 8.08. The molecule has 6 nitrogen and oxygen atoms in total. The lowest BCUT2D eigenvalue weighted by atomic mass is 10.0. The Morgan fingerprint density at radius 2 is 1.14 bits per heavy atom. The first-order chi connectivity index (χ1) is 17.9. The standard InChI is InChI=1S/C28H28Cl3NO5/c29-28(30,31)27(32)37-26-25(35-18-22-14-8-3-9-15-22)24(34-17-21-12-6-2-7-13-21)23(19-36-26)33-16-20-10-4-1-5-11-20/h1-15,23-26,32H,16-19H2/t23-,24+,25-,26-/m1/s1. The van der Waals surface area contributed by atoms with Crippen LogP contribution in [0.5, 0.6) is 0 Å². The van der Waals surface area contributed by atoms with Crippen molar-refractivity contribution in [1.29, 1.82) is 5.41 Å². The van der Waals surface area contributed by atoms with Crippen LogP contribution in [0.15, 0.2) is 91.0 Å². The summed E-state index contributed by atoms with van der Waals surface area (Å²) in [6.07, 6.45) is -2.92. The van der Waals surface area contributed by atoms with Gasteiger partial charge in [-0.2, -0.15) is 0 Å². The summed E-state index contributed by atoms with van der Waals surface area (Å²) in [7, 11) is 0. The average Bonchev–Trinajstić information content (AvgIpc) is 2.91. The van der Waals surface area contributed by atoms with E-state index in [1.54, 1.807) is 0 Å². The van der Waals surface area contributed by atoms with Crippen molar-refractivity contribution in [3.05, 3.63) is 108 Å². The smallest absolute Gasteiger partial charge is 0.265 e. The van der Waals surface area contributed by atoms with Crippen molar-refractivity contribution in [1.82, 2.24) is 0 Å². The van der Waals surface area contributed by atoms with Gasteiger partial charge in [-0.15, -0.1) is 0 Å². The van der Waals surface area contributed by atoms with Gasteiger partial charge in [0.05, 0.1) is 26.4 Å². The molecule has 0 radical (unpaired) electrons. The predicted octanol–water partition coefficient (Wildman–Crippen LogP) is 6.46. The Morgan fingerprint density at radius 3 is 1.59 bits per heavy atom.